The molecular formula is C21H21NO9. The first kappa shape index (κ1) is 23.2. The van der Waals surface area contributed by atoms with Crippen molar-refractivity contribution in [3.8, 4) is 11.5 Å². The first-order chi connectivity index (χ1) is 14.8. The number of hydrogen-bond acceptors (Lipinski definition) is 9. The zero-order valence-electron chi connectivity index (χ0n) is 17.3. The standard InChI is InChI=1S/C21H21NO9/c1-27-15-5-6-16(21(26)30-4)17(10-15)31-11-18(23)22-14-8-12(19(24)28-2)7-13(9-14)20(25)29-3/h5-10H,11H2,1-4H3,(H,22,23). The molecule has 164 valence electrons. The van der Waals surface area contributed by atoms with E-state index in [-0.39, 0.29) is 28.1 Å². The molecule has 10 heteroatoms. The normalized spacial score (nSPS) is 9.94. The Kier molecular flexibility index (Phi) is 7.95. The van der Waals surface area contributed by atoms with Crippen molar-refractivity contribution >= 4 is 29.5 Å². The van der Waals surface area contributed by atoms with Crippen molar-refractivity contribution in [3.05, 3.63) is 53.1 Å². The van der Waals surface area contributed by atoms with Gasteiger partial charge in [-0.15, -0.1) is 0 Å². The highest BCUT2D eigenvalue weighted by Crippen LogP contribution is 2.25. The molecule has 0 aliphatic heterocycles. The number of hydrogen-bond donors (Lipinski definition) is 1. The Hall–Kier alpha value is -4.08. The van der Waals surface area contributed by atoms with E-state index in [0.717, 1.165) is 0 Å². The second-order valence-corrected chi connectivity index (χ2v) is 5.97. The highest BCUT2D eigenvalue weighted by molar-refractivity contribution is 6.00. The smallest absolute Gasteiger partial charge is 0.341 e. The lowest BCUT2D eigenvalue weighted by Gasteiger charge is -2.13. The summed E-state index contributed by atoms with van der Waals surface area (Å²) >= 11 is 0. The van der Waals surface area contributed by atoms with Crippen LogP contribution in [0.4, 0.5) is 5.69 Å². The summed E-state index contributed by atoms with van der Waals surface area (Å²) in [7, 11) is 5.03. The van der Waals surface area contributed by atoms with Crippen LogP contribution >= 0.6 is 0 Å². The van der Waals surface area contributed by atoms with Gasteiger partial charge in [0.1, 0.15) is 17.1 Å². The Morgan fingerprint density at radius 1 is 0.774 bits per heavy atom. The lowest BCUT2D eigenvalue weighted by Crippen LogP contribution is -2.21. The van der Waals surface area contributed by atoms with Crippen LogP contribution in [0.1, 0.15) is 31.1 Å². The van der Waals surface area contributed by atoms with Crippen molar-refractivity contribution in [3.63, 3.8) is 0 Å². The van der Waals surface area contributed by atoms with Crippen molar-refractivity contribution in [2.24, 2.45) is 0 Å². The fourth-order valence-electron chi connectivity index (χ4n) is 2.54. The van der Waals surface area contributed by atoms with E-state index in [4.69, 9.17) is 14.2 Å². The van der Waals surface area contributed by atoms with Crippen molar-refractivity contribution < 1.29 is 42.9 Å². The second kappa shape index (κ2) is 10.6. The number of carbonyl (C=O) groups is 4. The molecule has 0 spiro atoms. The van der Waals surface area contributed by atoms with E-state index in [2.05, 4.69) is 14.8 Å². The minimum atomic E-state index is -0.698. The number of anilines is 1. The molecule has 0 radical (unpaired) electrons. The van der Waals surface area contributed by atoms with E-state index in [1.54, 1.807) is 6.07 Å². The number of methoxy groups -OCH3 is 4. The first-order valence-corrected chi connectivity index (χ1v) is 8.83. The van der Waals surface area contributed by atoms with E-state index >= 15 is 0 Å². The molecule has 10 nitrogen and oxygen atoms in total. The summed E-state index contributed by atoms with van der Waals surface area (Å²) < 4.78 is 24.6. The van der Waals surface area contributed by atoms with Crippen LogP contribution in [0.15, 0.2) is 36.4 Å². The van der Waals surface area contributed by atoms with Crippen LogP contribution in [-0.2, 0) is 19.0 Å². The second-order valence-electron chi connectivity index (χ2n) is 5.97. The molecule has 0 saturated heterocycles. The monoisotopic (exact) mass is 431 g/mol. The minimum Gasteiger partial charge on any atom is -0.497 e. The topological polar surface area (TPSA) is 126 Å². The number of benzene rings is 2. The molecule has 0 saturated carbocycles. The average molecular weight is 431 g/mol. The molecule has 0 fully saturated rings. The number of carbonyl (C=O) groups excluding carboxylic acids is 4. The Labute approximate surface area is 178 Å². The Morgan fingerprint density at radius 3 is 1.87 bits per heavy atom. The molecule has 2 rings (SSSR count). The van der Waals surface area contributed by atoms with Crippen LogP contribution in [0.3, 0.4) is 0 Å². The summed E-state index contributed by atoms with van der Waals surface area (Å²) in [5.74, 6) is -2.16. The molecule has 1 N–H and O–H groups in total. The van der Waals surface area contributed by atoms with Gasteiger partial charge < -0.3 is 29.0 Å². The van der Waals surface area contributed by atoms with E-state index < -0.39 is 30.4 Å². The number of rotatable bonds is 8. The van der Waals surface area contributed by atoms with Crippen LogP contribution in [0.25, 0.3) is 0 Å². The van der Waals surface area contributed by atoms with E-state index in [0.29, 0.717) is 5.75 Å². The van der Waals surface area contributed by atoms with E-state index in [1.165, 1.54) is 58.8 Å². The van der Waals surface area contributed by atoms with Crippen LogP contribution in [0.5, 0.6) is 11.5 Å². The summed E-state index contributed by atoms with van der Waals surface area (Å²) in [4.78, 5) is 48.0. The average Bonchev–Trinajstić information content (AvgIpc) is 2.80. The van der Waals surface area contributed by atoms with Crippen LogP contribution in [0.2, 0.25) is 0 Å². The third-order valence-corrected chi connectivity index (χ3v) is 4.01. The Balaban J connectivity index is 2.20. The summed E-state index contributed by atoms with van der Waals surface area (Å²) in [6, 6.07) is 8.38. The van der Waals surface area contributed by atoms with Crippen LogP contribution < -0.4 is 14.8 Å². The van der Waals surface area contributed by atoms with Gasteiger partial charge in [-0.2, -0.15) is 0 Å². The molecule has 0 aliphatic carbocycles. The van der Waals surface area contributed by atoms with Gasteiger partial charge in [-0.25, -0.2) is 14.4 Å². The summed E-state index contributed by atoms with van der Waals surface area (Å²) in [6.07, 6.45) is 0. The van der Waals surface area contributed by atoms with Gasteiger partial charge in [-0.1, -0.05) is 0 Å². The van der Waals surface area contributed by atoms with Gasteiger partial charge in [0, 0.05) is 11.8 Å². The lowest BCUT2D eigenvalue weighted by molar-refractivity contribution is -0.118. The zero-order chi connectivity index (χ0) is 23.0. The summed E-state index contributed by atoms with van der Waals surface area (Å²) in [5.41, 5.74) is 0.345. The fourth-order valence-corrected chi connectivity index (χ4v) is 2.54. The van der Waals surface area contributed by atoms with Gasteiger partial charge >= 0.3 is 17.9 Å². The largest absolute Gasteiger partial charge is 0.497 e. The molecule has 0 bridgehead atoms. The van der Waals surface area contributed by atoms with Gasteiger partial charge in [0.05, 0.1) is 39.6 Å². The molecule has 0 heterocycles. The maximum Gasteiger partial charge on any atom is 0.341 e. The maximum atomic E-state index is 12.4. The summed E-state index contributed by atoms with van der Waals surface area (Å²) in [5, 5.41) is 2.52. The van der Waals surface area contributed by atoms with Crippen molar-refractivity contribution in [1.29, 1.82) is 0 Å². The highest BCUT2D eigenvalue weighted by Gasteiger charge is 2.17. The molecular weight excluding hydrogens is 410 g/mol. The predicted molar refractivity (Wildman–Crippen MR) is 108 cm³/mol. The molecule has 0 aliphatic rings. The molecule has 1 amide bonds. The van der Waals surface area contributed by atoms with Crippen molar-refractivity contribution in [2.75, 3.05) is 40.4 Å². The fraction of sp³-hybridized carbons (Fsp3) is 0.238. The van der Waals surface area contributed by atoms with Gasteiger partial charge in [0.15, 0.2) is 6.61 Å². The number of ether oxygens (including phenoxy) is 5. The quantitative estimate of drug-likeness (QED) is 0.494. The van der Waals surface area contributed by atoms with Crippen LogP contribution in [-0.4, -0.2) is 58.9 Å². The van der Waals surface area contributed by atoms with E-state index in [1.807, 2.05) is 0 Å². The third kappa shape index (κ3) is 5.95. The predicted octanol–water partition coefficient (Wildman–Crippen LogP) is 2.07. The SMILES string of the molecule is COC(=O)c1cc(NC(=O)COc2cc(OC)ccc2C(=O)OC)cc(C(=O)OC)c1. The lowest BCUT2D eigenvalue weighted by atomic mass is 10.1. The van der Waals surface area contributed by atoms with E-state index in [9.17, 15) is 19.2 Å². The Bertz CT molecular complexity index is 966. The molecule has 31 heavy (non-hydrogen) atoms. The number of amides is 1. The molecule has 0 atom stereocenters. The Morgan fingerprint density at radius 2 is 1.35 bits per heavy atom. The molecule has 2 aromatic rings. The van der Waals surface area contributed by atoms with Crippen molar-refractivity contribution in [1.82, 2.24) is 0 Å². The number of nitrogens with one attached hydrogen (secondary N) is 1. The van der Waals surface area contributed by atoms with Crippen LogP contribution in [0, 0.1) is 0 Å². The number of esters is 3. The molecule has 2 aromatic carbocycles. The van der Waals surface area contributed by atoms with Gasteiger partial charge in [-0.3, -0.25) is 4.79 Å². The van der Waals surface area contributed by atoms with Crippen molar-refractivity contribution in [2.45, 2.75) is 0 Å². The molecule has 0 unspecified atom stereocenters. The zero-order valence-corrected chi connectivity index (χ0v) is 17.3. The first-order valence-electron chi connectivity index (χ1n) is 8.83. The van der Waals surface area contributed by atoms with Gasteiger partial charge in [-0.05, 0) is 30.3 Å². The van der Waals surface area contributed by atoms with Gasteiger partial charge in [0.2, 0.25) is 0 Å². The van der Waals surface area contributed by atoms with Gasteiger partial charge in [0.25, 0.3) is 5.91 Å². The highest BCUT2D eigenvalue weighted by atomic mass is 16.5. The maximum absolute atomic E-state index is 12.4. The molecule has 0 aromatic heterocycles. The minimum absolute atomic E-state index is 0.0439. The third-order valence-electron chi connectivity index (χ3n) is 4.01. The summed E-state index contributed by atoms with van der Waals surface area (Å²) in [6.45, 7) is -0.479.